The Morgan fingerprint density at radius 1 is 1.50 bits per heavy atom. The normalized spacial score (nSPS) is 13.4. The van der Waals surface area contributed by atoms with Gasteiger partial charge >= 0.3 is 0 Å². The highest BCUT2D eigenvalue weighted by Crippen LogP contribution is 2.25. The van der Waals surface area contributed by atoms with Gasteiger partial charge in [-0.1, -0.05) is 12.1 Å². The third-order valence-corrected chi connectivity index (χ3v) is 2.95. The summed E-state index contributed by atoms with van der Waals surface area (Å²) in [5.74, 6) is 0. The maximum absolute atomic E-state index is 5.79. The van der Waals surface area contributed by atoms with E-state index < -0.39 is 0 Å². The van der Waals surface area contributed by atoms with Crippen molar-refractivity contribution < 1.29 is 0 Å². The van der Waals surface area contributed by atoms with Gasteiger partial charge in [0.05, 0.1) is 5.52 Å². The van der Waals surface area contributed by atoms with Crippen LogP contribution in [0.2, 0.25) is 0 Å². The Morgan fingerprint density at radius 3 is 3.00 bits per heavy atom. The van der Waals surface area contributed by atoms with Gasteiger partial charge in [-0.05, 0) is 40.9 Å². The Bertz CT molecular complexity index is 445. The van der Waals surface area contributed by atoms with Gasteiger partial charge in [-0.2, -0.15) is 0 Å². The van der Waals surface area contributed by atoms with Crippen LogP contribution in [0.1, 0.15) is 12.5 Å². The summed E-state index contributed by atoms with van der Waals surface area (Å²) >= 11 is 3.51. The lowest BCUT2D eigenvalue weighted by molar-refractivity contribution is 0.741. The van der Waals surface area contributed by atoms with Crippen molar-refractivity contribution in [1.82, 2.24) is 4.98 Å². The van der Waals surface area contributed by atoms with Crippen LogP contribution in [-0.4, -0.2) is 11.0 Å². The summed E-state index contributed by atoms with van der Waals surface area (Å²) in [4.78, 5) is 3.26. The Labute approximate surface area is 91.6 Å². The molecule has 0 aliphatic heterocycles. The highest BCUT2D eigenvalue weighted by Gasteiger charge is 2.06. The Kier molecular flexibility index (Phi) is 2.61. The summed E-state index contributed by atoms with van der Waals surface area (Å²) in [7, 11) is 0. The monoisotopic (exact) mass is 252 g/mol. The number of rotatable bonds is 2. The second-order valence-corrected chi connectivity index (χ2v) is 4.51. The quantitative estimate of drug-likeness (QED) is 0.849. The molecule has 1 atom stereocenters. The van der Waals surface area contributed by atoms with Gasteiger partial charge in [-0.15, -0.1) is 0 Å². The van der Waals surface area contributed by atoms with Gasteiger partial charge in [-0.3, -0.25) is 0 Å². The molecule has 3 heteroatoms. The average molecular weight is 253 g/mol. The maximum Gasteiger partial charge on any atom is 0.0601 e. The van der Waals surface area contributed by atoms with Gasteiger partial charge in [0, 0.05) is 22.1 Å². The SMILES string of the molecule is CC(N)Cc1c[nH]c2c(Br)cccc12. The summed E-state index contributed by atoms with van der Waals surface area (Å²) < 4.78 is 1.10. The molecule has 1 heterocycles. The van der Waals surface area contributed by atoms with E-state index in [1.807, 2.05) is 25.3 Å². The van der Waals surface area contributed by atoms with Crippen LogP contribution < -0.4 is 5.73 Å². The molecule has 2 nitrogen and oxygen atoms in total. The molecular formula is C11H13BrN2. The molecule has 2 rings (SSSR count). The first-order valence-corrected chi connectivity index (χ1v) is 5.48. The number of hydrogen-bond donors (Lipinski definition) is 2. The number of aromatic nitrogens is 1. The largest absolute Gasteiger partial charge is 0.360 e. The zero-order valence-corrected chi connectivity index (χ0v) is 9.64. The number of para-hydroxylation sites is 1. The molecule has 1 unspecified atom stereocenters. The van der Waals surface area contributed by atoms with Gasteiger partial charge < -0.3 is 10.7 Å². The average Bonchev–Trinajstić information content (AvgIpc) is 2.49. The van der Waals surface area contributed by atoms with E-state index in [1.54, 1.807) is 0 Å². The van der Waals surface area contributed by atoms with Crippen molar-refractivity contribution in [3.8, 4) is 0 Å². The first kappa shape index (κ1) is 9.74. The molecule has 1 aromatic heterocycles. The zero-order valence-electron chi connectivity index (χ0n) is 8.05. The van der Waals surface area contributed by atoms with E-state index in [2.05, 4.69) is 27.0 Å². The van der Waals surface area contributed by atoms with E-state index in [0.29, 0.717) is 0 Å². The fourth-order valence-electron chi connectivity index (χ4n) is 1.69. The van der Waals surface area contributed by atoms with Crippen LogP contribution in [0.5, 0.6) is 0 Å². The van der Waals surface area contributed by atoms with Gasteiger partial charge in [0.25, 0.3) is 0 Å². The Morgan fingerprint density at radius 2 is 2.29 bits per heavy atom. The van der Waals surface area contributed by atoms with Crippen LogP contribution in [0, 0.1) is 0 Å². The van der Waals surface area contributed by atoms with Crippen LogP contribution in [0.4, 0.5) is 0 Å². The molecule has 0 fully saturated rings. The van der Waals surface area contributed by atoms with E-state index >= 15 is 0 Å². The molecule has 74 valence electrons. The van der Waals surface area contributed by atoms with Gasteiger partial charge in [0.1, 0.15) is 0 Å². The molecule has 0 saturated carbocycles. The van der Waals surface area contributed by atoms with Crippen LogP contribution in [0.3, 0.4) is 0 Å². The number of fused-ring (bicyclic) bond motifs is 1. The summed E-state index contributed by atoms with van der Waals surface area (Å²) in [6, 6.07) is 6.40. The lowest BCUT2D eigenvalue weighted by Gasteiger charge is -2.02. The molecule has 0 bridgehead atoms. The van der Waals surface area contributed by atoms with Crippen molar-refractivity contribution in [2.45, 2.75) is 19.4 Å². The number of nitrogens with one attached hydrogen (secondary N) is 1. The van der Waals surface area contributed by atoms with E-state index in [-0.39, 0.29) is 6.04 Å². The fraction of sp³-hybridized carbons (Fsp3) is 0.273. The molecule has 0 radical (unpaired) electrons. The maximum atomic E-state index is 5.79. The molecular weight excluding hydrogens is 240 g/mol. The van der Waals surface area contributed by atoms with Crippen molar-refractivity contribution in [2.24, 2.45) is 5.73 Å². The molecule has 2 aromatic rings. The first-order valence-electron chi connectivity index (χ1n) is 4.68. The van der Waals surface area contributed by atoms with Crippen LogP contribution >= 0.6 is 15.9 Å². The number of benzene rings is 1. The molecule has 1 aromatic carbocycles. The summed E-state index contributed by atoms with van der Waals surface area (Å²) in [5.41, 5.74) is 8.23. The summed E-state index contributed by atoms with van der Waals surface area (Å²) in [5, 5.41) is 1.26. The smallest absolute Gasteiger partial charge is 0.0601 e. The molecule has 0 amide bonds. The van der Waals surface area contributed by atoms with Crippen molar-refractivity contribution in [3.63, 3.8) is 0 Å². The van der Waals surface area contributed by atoms with Crippen LogP contribution in [0.25, 0.3) is 10.9 Å². The predicted molar refractivity (Wildman–Crippen MR) is 63.4 cm³/mol. The Hall–Kier alpha value is -0.800. The Balaban J connectivity index is 2.52. The molecule has 3 N–H and O–H groups in total. The number of hydrogen-bond acceptors (Lipinski definition) is 1. The summed E-state index contributed by atoms with van der Waals surface area (Å²) in [6.07, 6.45) is 2.95. The highest BCUT2D eigenvalue weighted by molar-refractivity contribution is 9.10. The molecule has 0 spiro atoms. The van der Waals surface area contributed by atoms with Crippen molar-refractivity contribution in [1.29, 1.82) is 0 Å². The van der Waals surface area contributed by atoms with Gasteiger partial charge in [-0.25, -0.2) is 0 Å². The van der Waals surface area contributed by atoms with Crippen molar-refractivity contribution >= 4 is 26.8 Å². The number of nitrogens with two attached hydrogens (primary N) is 1. The van der Waals surface area contributed by atoms with Crippen LogP contribution in [-0.2, 0) is 6.42 Å². The van der Waals surface area contributed by atoms with E-state index in [1.165, 1.54) is 10.9 Å². The standard InChI is InChI=1S/C11H13BrN2/c1-7(13)5-8-6-14-11-9(8)3-2-4-10(11)12/h2-4,6-7,14H,5,13H2,1H3. The lowest BCUT2D eigenvalue weighted by atomic mass is 10.1. The fourth-order valence-corrected chi connectivity index (χ4v) is 2.17. The highest BCUT2D eigenvalue weighted by atomic mass is 79.9. The third-order valence-electron chi connectivity index (χ3n) is 2.29. The number of H-pyrrole nitrogens is 1. The van der Waals surface area contributed by atoms with Gasteiger partial charge in [0.15, 0.2) is 0 Å². The molecule has 0 aliphatic carbocycles. The molecule has 0 saturated heterocycles. The number of halogens is 1. The molecule has 14 heavy (non-hydrogen) atoms. The minimum absolute atomic E-state index is 0.202. The second-order valence-electron chi connectivity index (χ2n) is 3.66. The topological polar surface area (TPSA) is 41.8 Å². The van der Waals surface area contributed by atoms with E-state index in [9.17, 15) is 0 Å². The first-order chi connectivity index (χ1) is 6.68. The zero-order chi connectivity index (χ0) is 10.1. The van der Waals surface area contributed by atoms with E-state index in [0.717, 1.165) is 16.4 Å². The van der Waals surface area contributed by atoms with Crippen molar-refractivity contribution in [3.05, 3.63) is 34.4 Å². The van der Waals surface area contributed by atoms with Crippen LogP contribution in [0.15, 0.2) is 28.9 Å². The van der Waals surface area contributed by atoms with Crippen molar-refractivity contribution in [2.75, 3.05) is 0 Å². The number of aromatic amines is 1. The predicted octanol–water partition coefficient (Wildman–Crippen LogP) is 2.82. The van der Waals surface area contributed by atoms with Gasteiger partial charge in [0.2, 0.25) is 0 Å². The van der Waals surface area contributed by atoms with E-state index in [4.69, 9.17) is 5.73 Å². The minimum atomic E-state index is 0.202. The third kappa shape index (κ3) is 1.70. The lowest BCUT2D eigenvalue weighted by Crippen LogP contribution is -2.17. The minimum Gasteiger partial charge on any atom is -0.360 e. The second kappa shape index (κ2) is 3.75. The molecule has 0 aliphatic rings. The summed E-state index contributed by atoms with van der Waals surface area (Å²) in [6.45, 7) is 2.02.